The highest BCUT2D eigenvalue weighted by Crippen LogP contribution is 2.21. The number of carbonyl (C=O) groups excluding carboxylic acids is 1. The van der Waals surface area contributed by atoms with E-state index in [2.05, 4.69) is 4.98 Å². The summed E-state index contributed by atoms with van der Waals surface area (Å²) in [6.45, 7) is -0.122. The van der Waals surface area contributed by atoms with Crippen LogP contribution in [0.2, 0.25) is 0 Å². The molecule has 0 radical (unpaired) electrons. The number of carbonyl (C=O) groups is 1. The molecule has 0 fully saturated rings. The van der Waals surface area contributed by atoms with Crippen molar-refractivity contribution in [2.75, 3.05) is 6.61 Å². The molecule has 2 rings (SSSR count). The standard InChI is InChI=1S/C14H15NO2S/c16-9-13(12-5-7-18-10-12)14(17)4-3-11-2-1-6-15-8-11/h1-2,5-8,10,13,16H,3-4,9H2/t13-/m0/s1. The Morgan fingerprint density at radius 3 is 2.94 bits per heavy atom. The van der Waals surface area contributed by atoms with Gasteiger partial charge in [-0.05, 0) is 40.4 Å². The Hall–Kier alpha value is -1.52. The number of nitrogens with zero attached hydrogens (tertiary/aromatic N) is 1. The van der Waals surface area contributed by atoms with Gasteiger partial charge in [0.05, 0.1) is 12.5 Å². The van der Waals surface area contributed by atoms with Crippen LogP contribution in [0.4, 0.5) is 0 Å². The summed E-state index contributed by atoms with van der Waals surface area (Å²) < 4.78 is 0. The third-order valence-electron chi connectivity index (χ3n) is 2.90. The Balaban J connectivity index is 1.95. The highest BCUT2D eigenvalue weighted by Gasteiger charge is 2.19. The zero-order valence-corrected chi connectivity index (χ0v) is 10.8. The summed E-state index contributed by atoms with van der Waals surface area (Å²) in [6.07, 6.45) is 4.60. The van der Waals surface area contributed by atoms with E-state index in [1.54, 1.807) is 23.7 Å². The second kappa shape index (κ2) is 6.42. The summed E-state index contributed by atoms with van der Waals surface area (Å²) in [5, 5.41) is 13.2. The maximum Gasteiger partial charge on any atom is 0.143 e. The first-order valence-corrected chi connectivity index (χ1v) is 6.80. The number of aryl methyl sites for hydroxylation is 1. The van der Waals surface area contributed by atoms with Crippen LogP contribution in [0.25, 0.3) is 0 Å². The van der Waals surface area contributed by atoms with Crippen molar-refractivity contribution in [3.8, 4) is 0 Å². The minimum absolute atomic E-state index is 0.0831. The van der Waals surface area contributed by atoms with Gasteiger partial charge in [-0.2, -0.15) is 11.3 Å². The molecule has 2 aromatic heterocycles. The number of aliphatic hydroxyl groups excluding tert-OH is 1. The van der Waals surface area contributed by atoms with E-state index in [9.17, 15) is 9.90 Å². The first kappa shape index (κ1) is 12.9. The van der Waals surface area contributed by atoms with Gasteiger partial charge < -0.3 is 5.11 Å². The first-order valence-electron chi connectivity index (χ1n) is 5.86. The normalized spacial score (nSPS) is 12.3. The molecule has 0 aliphatic carbocycles. The lowest BCUT2D eigenvalue weighted by atomic mass is 9.94. The Kier molecular flexibility index (Phi) is 4.61. The van der Waals surface area contributed by atoms with Crippen LogP contribution in [0, 0.1) is 0 Å². The largest absolute Gasteiger partial charge is 0.395 e. The van der Waals surface area contributed by atoms with Crippen molar-refractivity contribution in [1.82, 2.24) is 4.98 Å². The van der Waals surface area contributed by atoms with Crippen molar-refractivity contribution >= 4 is 17.1 Å². The van der Waals surface area contributed by atoms with Gasteiger partial charge in [0.1, 0.15) is 5.78 Å². The van der Waals surface area contributed by atoms with Crippen molar-refractivity contribution in [3.63, 3.8) is 0 Å². The van der Waals surface area contributed by atoms with Gasteiger partial charge in [0, 0.05) is 18.8 Å². The molecule has 0 bridgehead atoms. The molecule has 0 saturated heterocycles. The van der Waals surface area contributed by atoms with Crippen molar-refractivity contribution in [1.29, 1.82) is 0 Å². The van der Waals surface area contributed by atoms with Gasteiger partial charge in [-0.25, -0.2) is 0 Å². The molecule has 0 saturated carbocycles. The van der Waals surface area contributed by atoms with E-state index in [1.807, 2.05) is 29.0 Å². The lowest BCUT2D eigenvalue weighted by Gasteiger charge is -2.11. The van der Waals surface area contributed by atoms with Crippen LogP contribution in [0.5, 0.6) is 0 Å². The molecule has 0 spiro atoms. The lowest BCUT2D eigenvalue weighted by Crippen LogP contribution is -2.16. The van der Waals surface area contributed by atoms with E-state index >= 15 is 0 Å². The van der Waals surface area contributed by atoms with Gasteiger partial charge in [0.25, 0.3) is 0 Å². The molecule has 4 heteroatoms. The summed E-state index contributed by atoms with van der Waals surface area (Å²) in [7, 11) is 0. The highest BCUT2D eigenvalue weighted by atomic mass is 32.1. The fourth-order valence-corrected chi connectivity index (χ4v) is 2.57. The van der Waals surface area contributed by atoms with Crippen molar-refractivity contribution in [3.05, 3.63) is 52.5 Å². The lowest BCUT2D eigenvalue weighted by molar-refractivity contribution is -0.121. The number of aliphatic hydroxyl groups is 1. The van der Waals surface area contributed by atoms with Crippen molar-refractivity contribution in [2.45, 2.75) is 18.8 Å². The number of Topliss-reactive ketones (excluding diaryl/α,β-unsaturated/α-hetero) is 1. The van der Waals surface area contributed by atoms with E-state index in [0.717, 1.165) is 11.1 Å². The summed E-state index contributed by atoms with van der Waals surface area (Å²) in [6, 6.07) is 5.72. The fraction of sp³-hybridized carbons (Fsp3) is 0.286. The number of hydrogen-bond donors (Lipinski definition) is 1. The Morgan fingerprint density at radius 1 is 1.44 bits per heavy atom. The summed E-state index contributed by atoms with van der Waals surface area (Å²) in [5.74, 6) is -0.298. The van der Waals surface area contributed by atoms with E-state index in [4.69, 9.17) is 0 Å². The number of hydrogen-bond acceptors (Lipinski definition) is 4. The molecule has 2 aromatic rings. The van der Waals surface area contributed by atoms with Gasteiger partial charge in [-0.3, -0.25) is 9.78 Å². The molecule has 2 heterocycles. The monoisotopic (exact) mass is 261 g/mol. The predicted molar refractivity (Wildman–Crippen MR) is 71.7 cm³/mol. The van der Waals surface area contributed by atoms with E-state index < -0.39 is 0 Å². The summed E-state index contributed by atoms with van der Waals surface area (Å²) in [4.78, 5) is 16.1. The minimum atomic E-state index is -0.382. The van der Waals surface area contributed by atoms with E-state index in [0.29, 0.717) is 12.8 Å². The van der Waals surface area contributed by atoms with Crippen molar-refractivity contribution in [2.24, 2.45) is 0 Å². The fourth-order valence-electron chi connectivity index (χ4n) is 1.85. The molecule has 0 aromatic carbocycles. The second-order valence-corrected chi connectivity index (χ2v) is 4.90. The van der Waals surface area contributed by atoms with Crippen LogP contribution in [0.15, 0.2) is 41.4 Å². The number of thiophene rings is 1. The summed E-state index contributed by atoms with van der Waals surface area (Å²) in [5.41, 5.74) is 1.96. The Bertz CT molecular complexity index is 482. The number of pyridine rings is 1. The van der Waals surface area contributed by atoms with Gasteiger partial charge in [0.15, 0.2) is 0 Å². The Labute approximate surface area is 110 Å². The van der Waals surface area contributed by atoms with Crippen LogP contribution >= 0.6 is 11.3 Å². The zero-order valence-electron chi connectivity index (χ0n) is 9.95. The van der Waals surface area contributed by atoms with E-state index in [-0.39, 0.29) is 18.3 Å². The predicted octanol–water partition coefficient (Wildman–Crippen LogP) is 2.42. The molecule has 0 aliphatic rings. The smallest absolute Gasteiger partial charge is 0.143 e. The highest BCUT2D eigenvalue weighted by molar-refractivity contribution is 7.08. The molecule has 18 heavy (non-hydrogen) atoms. The molecule has 0 unspecified atom stereocenters. The molecule has 94 valence electrons. The number of ketones is 1. The second-order valence-electron chi connectivity index (χ2n) is 4.12. The molecule has 0 amide bonds. The topological polar surface area (TPSA) is 50.2 Å². The van der Waals surface area contributed by atoms with Gasteiger partial charge in [0.2, 0.25) is 0 Å². The maximum absolute atomic E-state index is 12.1. The minimum Gasteiger partial charge on any atom is -0.395 e. The molecular formula is C14H15NO2S. The number of rotatable bonds is 6. The molecule has 1 atom stereocenters. The molecular weight excluding hydrogens is 246 g/mol. The first-order chi connectivity index (χ1) is 8.81. The Morgan fingerprint density at radius 2 is 2.33 bits per heavy atom. The van der Waals surface area contributed by atoms with Gasteiger partial charge in [-0.15, -0.1) is 0 Å². The molecule has 1 N–H and O–H groups in total. The molecule has 0 aliphatic heterocycles. The van der Waals surface area contributed by atoms with Crippen LogP contribution in [0.3, 0.4) is 0 Å². The average molecular weight is 261 g/mol. The van der Waals surface area contributed by atoms with Crippen LogP contribution in [0.1, 0.15) is 23.5 Å². The van der Waals surface area contributed by atoms with Gasteiger partial charge in [-0.1, -0.05) is 6.07 Å². The molecule has 3 nitrogen and oxygen atoms in total. The maximum atomic E-state index is 12.1. The third kappa shape index (κ3) is 3.24. The van der Waals surface area contributed by atoms with Crippen molar-refractivity contribution < 1.29 is 9.90 Å². The summed E-state index contributed by atoms with van der Waals surface area (Å²) >= 11 is 1.54. The third-order valence-corrected chi connectivity index (χ3v) is 3.60. The van der Waals surface area contributed by atoms with E-state index in [1.165, 1.54) is 0 Å². The van der Waals surface area contributed by atoms with Gasteiger partial charge >= 0.3 is 0 Å². The van der Waals surface area contributed by atoms with Crippen LogP contribution < -0.4 is 0 Å². The van der Waals surface area contributed by atoms with Crippen LogP contribution in [-0.4, -0.2) is 22.5 Å². The average Bonchev–Trinajstić information content (AvgIpc) is 2.92. The quantitative estimate of drug-likeness (QED) is 0.868. The number of aromatic nitrogens is 1. The van der Waals surface area contributed by atoms with Crippen LogP contribution in [-0.2, 0) is 11.2 Å². The zero-order chi connectivity index (χ0) is 12.8. The SMILES string of the molecule is O=C(CCc1cccnc1)[C@@H](CO)c1ccsc1.